The lowest BCUT2D eigenvalue weighted by molar-refractivity contribution is 0.0696. The van der Waals surface area contributed by atoms with Crippen LogP contribution in [0.2, 0.25) is 5.15 Å². The average Bonchev–Trinajstić information content (AvgIpc) is 2.26. The average molecular weight is 239 g/mol. The maximum atomic E-state index is 10.7. The molecule has 0 aliphatic carbocycles. The summed E-state index contributed by atoms with van der Waals surface area (Å²) in [6.45, 7) is 0.171. The SMILES string of the molecule is [N-]=[N+]=NCC=Cc1cc(C(=O)O)cnc1Cl. The first-order valence-electron chi connectivity index (χ1n) is 4.21. The van der Waals surface area contributed by atoms with Crippen LogP contribution in [0.4, 0.5) is 0 Å². The molecule has 0 amide bonds. The van der Waals surface area contributed by atoms with Gasteiger partial charge in [-0.2, -0.15) is 0 Å². The van der Waals surface area contributed by atoms with E-state index in [1.165, 1.54) is 12.3 Å². The number of aromatic carboxylic acids is 1. The number of hydrogen-bond donors (Lipinski definition) is 1. The fourth-order valence-electron chi connectivity index (χ4n) is 0.962. The third kappa shape index (κ3) is 3.27. The molecule has 1 N–H and O–H groups in total. The summed E-state index contributed by atoms with van der Waals surface area (Å²) in [4.78, 5) is 17.0. The predicted molar refractivity (Wildman–Crippen MR) is 59.3 cm³/mol. The molecule has 0 saturated carbocycles. The number of carbonyl (C=O) groups is 1. The predicted octanol–water partition coefficient (Wildman–Crippen LogP) is 2.76. The molecular formula is C9H7ClN4O2. The van der Waals surface area contributed by atoms with Crippen LogP contribution in [0.25, 0.3) is 16.5 Å². The van der Waals surface area contributed by atoms with E-state index in [1.807, 2.05) is 0 Å². The first-order chi connectivity index (χ1) is 7.65. The first kappa shape index (κ1) is 12.0. The molecule has 16 heavy (non-hydrogen) atoms. The van der Waals surface area contributed by atoms with Crippen molar-refractivity contribution in [1.82, 2.24) is 4.98 Å². The number of hydrogen-bond acceptors (Lipinski definition) is 3. The van der Waals surface area contributed by atoms with Crippen molar-refractivity contribution in [2.24, 2.45) is 5.11 Å². The highest BCUT2D eigenvalue weighted by molar-refractivity contribution is 6.30. The van der Waals surface area contributed by atoms with Crippen LogP contribution in [0.15, 0.2) is 23.5 Å². The molecule has 1 aromatic heterocycles. The van der Waals surface area contributed by atoms with Gasteiger partial charge in [0.05, 0.1) is 5.56 Å². The van der Waals surface area contributed by atoms with Gasteiger partial charge in [-0.1, -0.05) is 28.9 Å². The van der Waals surface area contributed by atoms with E-state index >= 15 is 0 Å². The van der Waals surface area contributed by atoms with E-state index in [2.05, 4.69) is 15.0 Å². The quantitative estimate of drug-likeness (QED) is 0.378. The number of halogens is 1. The highest BCUT2D eigenvalue weighted by Gasteiger charge is 2.06. The van der Waals surface area contributed by atoms with Gasteiger partial charge in [-0.3, -0.25) is 0 Å². The zero-order valence-electron chi connectivity index (χ0n) is 8.04. The van der Waals surface area contributed by atoms with E-state index in [0.717, 1.165) is 0 Å². The minimum Gasteiger partial charge on any atom is -0.478 e. The fourth-order valence-corrected chi connectivity index (χ4v) is 1.13. The molecule has 6 nitrogen and oxygen atoms in total. The molecule has 0 atom stereocenters. The number of carboxylic acid groups (broad SMARTS) is 1. The Kier molecular flexibility index (Phi) is 4.32. The summed E-state index contributed by atoms with van der Waals surface area (Å²) in [6.07, 6.45) is 4.29. The minimum absolute atomic E-state index is 0.0489. The van der Waals surface area contributed by atoms with Crippen molar-refractivity contribution < 1.29 is 9.90 Å². The van der Waals surface area contributed by atoms with Gasteiger partial charge in [-0.25, -0.2) is 9.78 Å². The summed E-state index contributed by atoms with van der Waals surface area (Å²) in [5.74, 6) is -1.08. The third-order valence-corrected chi connectivity index (χ3v) is 1.98. The Morgan fingerprint density at radius 1 is 1.75 bits per heavy atom. The summed E-state index contributed by atoms with van der Waals surface area (Å²) in [5.41, 5.74) is 8.56. The second kappa shape index (κ2) is 5.75. The summed E-state index contributed by atoms with van der Waals surface area (Å²) < 4.78 is 0. The lowest BCUT2D eigenvalue weighted by atomic mass is 10.2. The lowest BCUT2D eigenvalue weighted by Crippen LogP contribution is -1.98. The number of nitrogens with zero attached hydrogens (tertiary/aromatic N) is 4. The van der Waals surface area contributed by atoms with Gasteiger partial charge in [0.1, 0.15) is 5.15 Å². The Balaban J connectivity index is 2.94. The topological polar surface area (TPSA) is 99.0 Å². The number of aromatic nitrogens is 1. The van der Waals surface area contributed by atoms with Crippen LogP contribution in [-0.4, -0.2) is 22.6 Å². The van der Waals surface area contributed by atoms with E-state index in [1.54, 1.807) is 12.2 Å². The number of carboxylic acids is 1. The summed E-state index contributed by atoms with van der Waals surface area (Å²) in [6, 6.07) is 1.39. The molecule has 0 unspecified atom stereocenters. The van der Waals surface area contributed by atoms with Crippen molar-refractivity contribution in [3.05, 3.63) is 45.1 Å². The number of pyridine rings is 1. The molecule has 0 fully saturated rings. The van der Waals surface area contributed by atoms with Gasteiger partial charge >= 0.3 is 5.97 Å². The van der Waals surface area contributed by atoms with Crippen LogP contribution in [0.5, 0.6) is 0 Å². The van der Waals surface area contributed by atoms with Crippen molar-refractivity contribution in [2.75, 3.05) is 6.54 Å². The van der Waals surface area contributed by atoms with Gasteiger partial charge in [0.25, 0.3) is 0 Å². The molecule has 0 radical (unpaired) electrons. The van der Waals surface area contributed by atoms with Gasteiger partial charge in [0, 0.05) is 23.2 Å². The third-order valence-electron chi connectivity index (χ3n) is 1.66. The van der Waals surface area contributed by atoms with E-state index in [-0.39, 0.29) is 17.3 Å². The zero-order chi connectivity index (χ0) is 12.0. The zero-order valence-corrected chi connectivity index (χ0v) is 8.79. The monoisotopic (exact) mass is 238 g/mol. The normalized spacial score (nSPS) is 10.1. The van der Waals surface area contributed by atoms with Crippen molar-refractivity contribution >= 4 is 23.6 Å². The van der Waals surface area contributed by atoms with Crippen LogP contribution >= 0.6 is 11.6 Å². The second-order valence-corrected chi connectivity index (χ2v) is 3.08. The summed E-state index contributed by atoms with van der Waals surface area (Å²) in [5, 5.41) is 12.2. The molecule has 1 rings (SSSR count). The molecule has 0 aliphatic rings. The van der Waals surface area contributed by atoms with Crippen molar-refractivity contribution in [3.8, 4) is 0 Å². The van der Waals surface area contributed by atoms with Gasteiger partial charge in [-0.15, -0.1) is 0 Å². The van der Waals surface area contributed by atoms with E-state index < -0.39 is 5.97 Å². The van der Waals surface area contributed by atoms with Crippen LogP contribution in [0.3, 0.4) is 0 Å². The lowest BCUT2D eigenvalue weighted by Gasteiger charge is -1.99. The van der Waals surface area contributed by atoms with Crippen LogP contribution in [0, 0.1) is 0 Å². The smallest absolute Gasteiger partial charge is 0.337 e. The van der Waals surface area contributed by atoms with E-state index in [9.17, 15) is 4.79 Å². The van der Waals surface area contributed by atoms with E-state index in [0.29, 0.717) is 5.56 Å². The van der Waals surface area contributed by atoms with Gasteiger partial charge in [0.2, 0.25) is 0 Å². The van der Waals surface area contributed by atoms with Gasteiger partial charge < -0.3 is 5.11 Å². The molecule has 0 spiro atoms. The van der Waals surface area contributed by atoms with Crippen LogP contribution < -0.4 is 0 Å². The molecule has 0 bridgehead atoms. The Labute approximate surface area is 95.8 Å². The first-order valence-corrected chi connectivity index (χ1v) is 4.59. The number of azide groups is 1. The second-order valence-electron chi connectivity index (χ2n) is 2.72. The van der Waals surface area contributed by atoms with Gasteiger partial charge in [0.15, 0.2) is 0 Å². The molecule has 1 heterocycles. The van der Waals surface area contributed by atoms with Crippen molar-refractivity contribution in [2.45, 2.75) is 0 Å². The summed E-state index contributed by atoms with van der Waals surface area (Å²) >= 11 is 5.75. The largest absolute Gasteiger partial charge is 0.478 e. The Bertz CT molecular complexity index is 480. The van der Waals surface area contributed by atoms with Gasteiger partial charge in [-0.05, 0) is 11.6 Å². The number of rotatable bonds is 4. The maximum Gasteiger partial charge on any atom is 0.337 e. The molecule has 82 valence electrons. The van der Waals surface area contributed by atoms with Crippen molar-refractivity contribution in [3.63, 3.8) is 0 Å². The van der Waals surface area contributed by atoms with E-state index in [4.69, 9.17) is 22.2 Å². The van der Waals surface area contributed by atoms with Crippen LogP contribution in [0.1, 0.15) is 15.9 Å². The highest BCUT2D eigenvalue weighted by Crippen LogP contribution is 2.16. The Hall–Kier alpha value is -2.04. The highest BCUT2D eigenvalue weighted by atomic mass is 35.5. The van der Waals surface area contributed by atoms with Crippen molar-refractivity contribution in [1.29, 1.82) is 0 Å². The molecule has 1 aromatic rings. The summed E-state index contributed by atoms with van der Waals surface area (Å²) in [7, 11) is 0. The molecule has 0 aliphatic heterocycles. The Morgan fingerprint density at radius 2 is 2.50 bits per heavy atom. The molecule has 7 heteroatoms. The Morgan fingerprint density at radius 3 is 3.12 bits per heavy atom. The maximum absolute atomic E-state index is 10.7. The standard InChI is InChI=1S/C9H7ClN4O2/c10-8-6(2-1-3-13-14-11)4-7(5-12-8)9(15)16/h1-2,4-5H,3H2,(H,15,16). The minimum atomic E-state index is -1.08. The molecule has 0 saturated heterocycles. The molecule has 0 aromatic carbocycles. The fraction of sp³-hybridized carbons (Fsp3) is 0.111. The molecular weight excluding hydrogens is 232 g/mol. The van der Waals surface area contributed by atoms with Crippen LogP contribution in [-0.2, 0) is 0 Å².